The van der Waals surface area contributed by atoms with Crippen LogP contribution in [-0.4, -0.2) is 20.1 Å². The summed E-state index contributed by atoms with van der Waals surface area (Å²) in [5, 5.41) is 17.1. The van der Waals surface area contributed by atoms with Gasteiger partial charge in [0.05, 0.1) is 12.3 Å². The molecule has 2 aromatic rings. The summed E-state index contributed by atoms with van der Waals surface area (Å²) in [5.41, 5.74) is 1.79. The Morgan fingerprint density at radius 1 is 1.35 bits per heavy atom. The number of para-hydroxylation sites is 1. The monoisotopic (exact) mass is 233 g/mol. The molecule has 4 nitrogen and oxygen atoms in total. The van der Waals surface area contributed by atoms with Gasteiger partial charge in [0.2, 0.25) is 0 Å². The molecule has 0 unspecified atom stereocenters. The summed E-state index contributed by atoms with van der Waals surface area (Å²) < 4.78 is 15.2. The van der Waals surface area contributed by atoms with Crippen LogP contribution < -0.4 is 0 Å². The maximum atomic E-state index is 13.7. The Bertz CT molecular complexity index is 548. The first-order valence-corrected chi connectivity index (χ1v) is 5.61. The second-order valence-electron chi connectivity index (χ2n) is 4.22. The largest absolute Gasteiger partial charge is 0.390 e. The normalized spacial score (nSPS) is 15.2. The zero-order valence-electron chi connectivity index (χ0n) is 9.17. The van der Waals surface area contributed by atoms with Crippen molar-refractivity contribution in [2.45, 2.75) is 25.4 Å². The number of nitrogens with zero attached hydrogens (tertiary/aromatic N) is 3. The van der Waals surface area contributed by atoms with Crippen molar-refractivity contribution in [3.05, 3.63) is 41.5 Å². The van der Waals surface area contributed by atoms with Crippen molar-refractivity contribution in [3.8, 4) is 5.69 Å². The first-order chi connectivity index (χ1) is 8.31. The molecule has 1 aromatic carbocycles. The van der Waals surface area contributed by atoms with E-state index in [1.807, 2.05) is 0 Å². The molecule has 5 heteroatoms. The molecule has 1 heterocycles. The Kier molecular flexibility index (Phi) is 2.40. The number of hydrogen-bond donors (Lipinski definition) is 1. The van der Waals surface area contributed by atoms with Crippen LogP contribution in [0.15, 0.2) is 24.3 Å². The van der Waals surface area contributed by atoms with E-state index in [0.717, 1.165) is 18.5 Å². The van der Waals surface area contributed by atoms with Gasteiger partial charge in [0.25, 0.3) is 0 Å². The van der Waals surface area contributed by atoms with Crippen LogP contribution in [0.4, 0.5) is 4.39 Å². The molecule has 1 N–H and O–H groups in total. The fourth-order valence-corrected chi connectivity index (χ4v) is 2.00. The Labute approximate surface area is 97.7 Å². The lowest BCUT2D eigenvalue weighted by atomic mass is 10.2. The first kappa shape index (κ1) is 10.4. The zero-order valence-corrected chi connectivity index (χ0v) is 9.17. The van der Waals surface area contributed by atoms with Gasteiger partial charge in [-0.1, -0.05) is 17.3 Å². The summed E-state index contributed by atoms with van der Waals surface area (Å²) in [5.74, 6) is 0.0237. The fourth-order valence-electron chi connectivity index (χ4n) is 2.00. The number of hydrogen-bond acceptors (Lipinski definition) is 3. The zero-order chi connectivity index (χ0) is 11.8. The highest BCUT2D eigenvalue weighted by Crippen LogP contribution is 2.42. The third-order valence-electron chi connectivity index (χ3n) is 2.97. The molecular formula is C12H12FN3O. The highest BCUT2D eigenvalue weighted by atomic mass is 19.1. The van der Waals surface area contributed by atoms with Crippen molar-refractivity contribution in [1.29, 1.82) is 0 Å². The summed E-state index contributed by atoms with van der Waals surface area (Å²) in [6.07, 6.45) is 2.10. The summed E-state index contributed by atoms with van der Waals surface area (Å²) >= 11 is 0. The average molecular weight is 233 g/mol. The lowest BCUT2D eigenvalue weighted by Crippen LogP contribution is -2.04. The first-order valence-electron chi connectivity index (χ1n) is 5.61. The molecule has 0 bridgehead atoms. The third-order valence-corrected chi connectivity index (χ3v) is 2.97. The molecule has 0 amide bonds. The number of aliphatic hydroxyl groups is 1. The van der Waals surface area contributed by atoms with Gasteiger partial charge in [-0.2, -0.15) is 0 Å². The minimum Gasteiger partial charge on any atom is -0.390 e. The van der Waals surface area contributed by atoms with E-state index in [4.69, 9.17) is 0 Å². The van der Waals surface area contributed by atoms with Crippen molar-refractivity contribution < 1.29 is 9.50 Å². The van der Waals surface area contributed by atoms with E-state index < -0.39 is 0 Å². The Balaban J connectivity index is 2.14. The van der Waals surface area contributed by atoms with E-state index in [0.29, 0.717) is 17.3 Å². The van der Waals surface area contributed by atoms with E-state index in [2.05, 4.69) is 10.3 Å². The van der Waals surface area contributed by atoms with Gasteiger partial charge in [-0.3, -0.25) is 0 Å². The number of halogens is 1. The molecule has 0 saturated heterocycles. The molecule has 17 heavy (non-hydrogen) atoms. The van der Waals surface area contributed by atoms with Crippen LogP contribution in [0, 0.1) is 5.82 Å². The highest BCUT2D eigenvalue weighted by Gasteiger charge is 2.31. The molecule has 1 fully saturated rings. The Hall–Kier alpha value is -1.75. The van der Waals surface area contributed by atoms with Crippen LogP contribution in [0.25, 0.3) is 5.69 Å². The van der Waals surface area contributed by atoms with Crippen molar-refractivity contribution in [3.63, 3.8) is 0 Å². The molecule has 88 valence electrons. The quantitative estimate of drug-likeness (QED) is 0.879. The molecule has 3 rings (SSSR count). The predicted molar refractivity (Wildman–Crippen MR) is 59.2 cm³/mol. The Morgan fingerprint density at radius 2 is 2.12 bits per heavy atom. The summed E-state index contributed by atoms with van der Waals surface area (Å²) in [4.78, 5) is 0. The number of aliphatic hydroxyl groups excluding tert-OH is 1. The van der Waals surface area contributed by atoms with Gasteiger partial charge >= 0.3 is 0 Å². The topological polar surface area (TPSA) is 50.9 Å². The second kappa shape index (κ2) is 3.92. The SMILES string of the molecule is OCc1nnn(-c2ccccc2F)c1C1CC1. The lowest BCUT2D eigenvalue weighted by molar-refractivity contribution is 0.275. The van der Waals surface area contributed by atoms with E-state index >= 15 is 0 Å². The van der Waals surface area contributed by atoms with Gasteiger partial charge in [-0.05, 0) is 25.0 Å². The van der Waals surface area contributed by atoms with E-state index in [-0.39, 0.29) is 12.4 Å². The van der Waals surface area contributed by atoms with E-state index in [1.165, 1.54) is 10.7 Å². The predicted octanol–water partition coefficient (Wildman–Crippen LogP) is 1.78. The van der Waals surface area contributed by atoms with Crippen LogP contribution in [0.2, 0.25) is 0 Å². The minimum atomic E-state index is -0.330. The smallest absolute Gasteiger partial charge is 0.148 e. The van der Waals surface area contributed by atoms with Crippen LogP contribution >= 0.6 is 0 Å². The Morgan fingerprint density at radius 3 is 2.76 bits per heavy atom. The van der Waals surface area contributed by atoms with Crippen molar-refractivity contribution >= 4 is 0 Å². The van der Waals surface area contributed by atoms with Crippen LogP contribution in [0.1, 0.15) is 30.1 Å². The van der Waals surface area contributed by atoms with E-state index in [9.17, 15) is 9.50 Å². The van der Waals surface area contributed by atoms with Gasteiger partial charge in [0.15, 0.2) is 0 Å². The molecular weight excluding hydrogens is 221 g/mol. The van der Waals surface area contributed by atoms with Gasteiger partial charge in [-0.15, -0.1) is 5.10 Å². The van der Waals surface area contributed by atoms with Crippen molar-refractivity contribution in [1.82, 2.24) is 15.0 Å². The minimum absolute atomic E-state index is 0.152. The molecule has 1 aromatic heterocycles. The van der Waals surface area contributed by atoms with Gasteiger partial charge in [0.1, 0.15) is 17.2 Å². The summed E-state index contributed by atoms with van der Waals surface area (Å²) in [6, 6.07) is 6.46. The van der Waals surface area contributed by atoms with Gasteiger partial charge in [-0.25, -0.2) is 9.07 Å². The molecule has 1 aliphatic carbocycles. The lowest BCUT2D eigenvalue weighted by Gasteiger charge is -2.06. The van der Waals surface area contributed by atoms with E-state index in [1.54, 1.807) is 18.2 Å². The molecule has 0 aliphatic heterocycles. The molecule has 1 aliphatic rings. The second-order valence-corrected chi connectivity index (χ2v) is 4.22. The van der Waals surface area contributed by atoms with Crippen LogP contribution in [0.5, 0.6) is 0 Å². The van der Waals surface area contributed by atoms with Crippen molar-refractivity contribution in [2.24, 2.45) is 0 Å². The summed E-state index contributed by atoms with van der Waals surface area (Å²) in [6.45, 7) is -0.152. The van der Waals surface area contributed by atoms with Crippen molar-refractivity contribution in [2.75, 3.05) is 0 Å². The van der Waals surface area contributed by atoms with Crippen LogP contribution in [-0.2, 0) is 6.61 Å². The maximum absolute atomic E-state index is 13.7. The van der Waals surface area contributed by atoms with Crippen LogP contribution in [0.3, 0.4) is 0 Å². The molecule has 0 spiro atoms. The third kappa shape index (κ3) is 1.72. The number of rotatable bonds is 3. The van der Waals surface area contributed by atoms with Gasteiger partial charge in [0, 0.05) is 5.92 Å². The number of benzene rings is 1. The standard InChI is InChI=1S/C12H12FN3O/c13-9-3-1-2-4-11(9)16-12(8-5-6-8)10(7-17)14-15-16/h1-4,8,17H,5-7H2. The fraction of sp³-hybridized carbons (Fsp3) is 0.333. The maximum Gasteiger partial charge on any atom is 0.148 e. The highest BCUT2D eigenvalue weighted by molar-refractivity contribution is 5.37. The number of aromatic nitrogens is 3. The molecule has 1 saturated carbocycles. The molecule has 0 radical (unpaired) electrons. The van der Waals surface area contributed by atoms with Gasteiger partial charge < -0.3 is 5.11 Å². The molecule has 0 atom stereocenters. The average Bonchev–Trinajstić information content (AvgIpc) is 3.10. The summed E-state index contributed by atoms with van der Waals surface area (Å²) in [7, 11) is 0.